The number of ether oxygens (including phenoxy) is 4. The third-order valence-corrected chi connectivity index (χ3v) is 7.32. The maximum Gasteiger partial charge on any atom is 0.349 e. The van der Waals surface area contributed by atoms with E-state index in [1.54, 1.807) is 37.3 Å². The van der Waals surface area contributed by atoms with Gasteiger partial charge in [-0.15, -0.1) is 0 Å². The molecule has 0 aliphatic carbocycles. The Morgan fingerprint density at radius 1 is 1.14 bits per heavy atom. The molecular weight excluding hydrogens is 490 g/mol. The Morgan fingerprint density at radius 3 is 2.64 bits per heavy atom. The molecule has 0 radical (unpaired) electrons. The van der Waals surface area contributed by atoms with Gasteiger partial charge in [0.15, 0.2) is 18.1 Å². The molecule has 2 heterocycles. The van der Waals surface area contributed by atoms with Crippen molar-refractivity contribution < 1.29 is 37.0 Å². The van der Waals surface area contributed by atoms with Gasteiger partial charge in [0, 0.05) is 13.1 Å². The number of carbonyl (C=O) groups excluding carboxylic acids is 2. The number of carbonyl (C=O) groups is 2. The van der Waals surface area contributed by atoms with Gasteiger partial charge in [-0.3, -0.25) is 4.79 Å². The van der Waals surface area contributed by atoms with Crippen molar-refractivity contribution in [2.24, 2.45) is 0 Å². The Hall–Kier alpha value is -3.92. The first kappa shape index (κ1) is 25.2. The fourth-order valence-electron chi connectivity index (χ4n) is 3.57. The van der Waals surface area contributed by atoms with Crippen LogP contribution in [0.1, 0.15) is 11.1 Å². The second kappa shape index (κ2) is 10.8. The van der Waals surface area contributed by atoms with Crippen molar-refractivity contribution in [3.8, 4) is 17.6 Å². The van der Waals surface area contributed by atoms with Gasteiger partial charge in [0.1, 0.15) is 16.5 Å². The maximum atomic E-state index is 13.2. The number of nitrogens with zero attached hydrogens (tertiary/aromatic N) is 2. The van der Waals surface area contributed by atoms with Gasteiger partial charge in [0.2, 0.25) is 16.8 Å². The van der Waals surface area contributed by atoms with Gasteiger partial charge >= 0.3 is 5.97 Å². The Morgan fingerprint density at radius 2 is 1.89 bits per heavy atom. The summed E-state index contributed by atoms with van der Waals surface area (Å²) in [4.78, 5) is 24.8. The van der Waals surface area contributed by atoms with E-state index in [0.29, 0.717) is 22.6 Å². The Balaban J connectivity index is 1.43. The molecule has 1 N–H and O–H groups in total. The Labute approximate surface area is 207 Å². The van der Waals surface area contributed by atoms with Crippen LogP contribution in [-0.2, 0) is 29.1 Å². The van der Waals surface area contributed by atoms with E-state index in [1.165, 1.54) is 22.5 Å². The van der Waals surface area contributed by atoms with E-state index in [2.05, 4.69) is 5.32 Å². The summed E-state index contributed by atoms with van der Waals surface area (Å²) < 4.78 is 48.3. The van der Waals surface area contributed by atoms with Crippen molar-refractivity contribution in [3.05, 3.63) is 53.1 Å². The molecule has 2 aliphatic heterocycles. The summed E-state index contributed by atoms with van der Waals surface area (Å²) in [7, 11) is -3.89. The number of fused-ring (bicyclic) bond motifs is 1. The molecule has 2 aliphatic rings. The molecule has 12 heteroatoms. The van der Waals surface area contributed by atoms with Crippen LogP contribution in [0.2, 0.25) is 0 Å². The fraction of sp³-hybridized carbons (Fsp3) is 0.292. The normalized spacial score (nSPS) is 15.7. The molecule has 0 bridgehead atoms. The number of rotatable bonds is 7. The molecule has 2 aromatic carbocycles. The molecule has 0 spiro atoms. The van der Waals surface area contributed by atoms with Crippen molar-refractivity contribution in [1.82, 2.24) is 4.31 Å². The zero-order chi connectivity index (χ0) is 25.7. The second-order valence-corrected chi connectivity index (χ2v) is 9.83. The predicted molar refractivity (Wildman–Crippen MR) is 127 cm³/mol. The number of hydrogen-bond donors (Lipinski definition) is 1. The largest absolute Gasteiger partial charge is 0.454 e. The first-order chi connectivity index (χ1) is 17.3. The first-order valence-corrected chi connectivity index (χ1v) is 12.4. The molecule has 0 saturated carbocycles. The molecule has 1 saturated heterocycles. The molecule has 2 aromatic rings. The van der Waals surface area contributed by atoms with E-state index >= 15 is 0 Å². The minimum Gasteiger partial charge on any atom is -0.454 e. The number of sulfonamides is 1. The van der Waals surface area contributed by atoms with Gasteiger partial charge in [-0.1, -0.05) is 12.1 Å². The zero-order valence-electron chi connectivity index (χ0n) is 19.4. The van der Waals surface area contributed by atoms with Crippen LogP contribution in [0.5, 0.6) is 11.5 Å². The standard InChI is InChI=1S/C24H23N3O8S/c1-16-2-4-19(22(10-16)36(30,31)27-6-8-32-9-7-27)26-23(28)14-33-24(29)18(13-25)11-17-3-5-20-21(12-17)35-15-34-20/h2-5,10-12H,6-9,14-15H2,1H3,(H,26,28). The molecule has 4 rings (SSSR count). The van der Waals surface area contributed by atoms with Gasteiger partial charge in [-0.2, -0.15) is 9.57 Å². The SMILES string of the molecule is Cc1ccc(NC(=O)COC(=O)C(C#N)=Cc2ccc3c(c2)OCO3)c(S(=O)(=O)N2CCOCC2)c1. The monoisotopic (exact) mass is 513 g/mol. The van der Waals surface area contributed by atoms with Crippen LogP contribution in [0.4, 0.5) is 5.69 Å². The highest BCUT2D eigenvalue weighted by atomic mass is 32.2. The van der Waals surface area contributed by atoms with E-state index in [1.807, 2.05) is 0 Å². The minimum absolute atomic E-state index is 0.0598. The lowest BCUT2D eigenvalue weighted by molar-refractivity contribution is -0.142. The van der Waals surface area contributed by atoms with E-state index < -0.39 is 28.5 Å². The second-order valence-electron chi connectivity index (χ2n) is 7.92. The van der Waals surface area contributed by atoms with Crippen LogP contribution in [0.25, 0.3) is 6.08 Å². The van der Waals surface area contributed by atoms with E-state index in [0.717, 1.165) is 0 Å². The lowest BCUT2D eigenvalue weighted by Crippen LogP contribution is -2.41. The topological polar surface area (TPSA) is 144 Å². The smallest absolute Gasteiger partial charge is 0.349 e. The quantitative estimate of drug-likeness (QED) is 0.333. The molecule has 0 atom stereocenters. The van der Waals surface area contributed by atoms with Crippen molar-refractivity contribution in [2.75, 3.05) is 45.0 Å². The first-order valence-electron chi connectivity index (χ1n) is 10.9. The summed E-state index contributed by atoms with van der Waals surface area (Å²) in [5, 5.41) is 11.9. The predicted octanol–water partition coefficient (Wildman–Crippen LogP) is 1.83. The lowest BCUT2D eigenvalue weighted by atomic mass is 10.1. The fourth-order valence-corrected chi connectivity index (χ4v) is 5.21. The molecule has 36 heavy (non-hydrogen) atoms. The summed E-state index contributed by atoms with van der Waals surface area (Å²) >= 11 is 0. The highest BCUT2D eigenvalue weighted by Gasteiger charge is 2.29. The van der Waals surface area contributed by atoms with E-state index in [9.17, 15) is 23.3 Å². The highest BCUT2D eigenvalue weighted by molar-refractivity contribution is 7.89. The van der Waals surface area contributed by atoms with Gasteiger partial charge in [-0.05, 0) is 48.4 Å². The number of nitrogens with one attached hydrogen (secondary N) is 1. The zero-order valence-corrected chi connectivity index (χ0v) is 20.2. The average molecular weight is 514 g/mol. The van der Waals surface area contributed by atoms with E-state index in [-0.39, 0.29) is 49.3 Å². The summed E-state index contributed by atoms with van der Waals surface area (Å²) in [5.41, 5.74) is 0.936. The number of esters is 1. The highest BCUT2D eigenvalue weighted by Crippen LogP contribution is 2.33. The van der Waals surface area contributed by atoms with Crippen molar-refractivity contribution in [3.63, 3.8) is 0 Å². The van der Waals surface area contributed by atoms with E-state index in [4.69, 9.17) is 18.9 Å². The maximum absolute atomic E-state index is 13.2. The average Bonchev–Trinajstić information content (AvgIpc) is 3.35. The molecule has 1 amide bonds. The summed E-state index contributed by atoms with van der Waals surface area (Å²) in [6, 6.07) is 11.2. The summed E-state index contributed by atoms with van der Waals surface area (Å²) in [6.45, 7) is 2.07. The number of anilines is 1. The number of morpholine rings is 1. The van der Waals surface area contributed by atoms with Crippen molar-refractivity contribution in [2.45, 2.75) is 11.8 Å². The molecular formula is C24H23N3O8S. The molecule has 1 fully saturated rings. The van der Waals surface area contributed by atoms with Gasteiger partial charge < -0.3 is 24.3 Å². The third kappa shape index (κ3) is 5.65. The van der Waals surface area contributed by atoms with Crippen LogP contribution in [0, 0.1) is 18.3 Å². The number of benzene rings is 2. The molecule has 0 unspecified atom stereocenters. The minimum atomic E-state index is -3.89. The molecule has 0 aromatic heterocycles. The molecule has 11 nitrogen and oxygen atoms in total. The Bertz CT molecular complexity index is 1360. The number of nitriles is 1. The number of amides is 1. The third-order valence-electron chi connectivity index (χ3n) is 5.38. The van der Waals surface area contributed by atoms with Gasteiger partial charge in [0.05, 0.1) is 18.9 Å². The number of hydrogen-bond acceptors (Lipinski definition) is 9. The van der Waals surface area contributed by atoms with Crippen LogP contribution in [-0.4, -0.2) is 64.3 Å². The Kier molecular flexibility index (Phi) is 7.54. The van der Waals surface area contributed by atoms with Crippen molar-refractivity contribution >= 4 is 33.7 Å². The van der Waals surface area contributed by atoms with Crippen LogP contribution < -0.4 is 14.8 Å². The van der Waals surface area contributed by atoms with Crippen LogP contribution in [0.3, 0.4) is 0 Å². The van der Waals surface area contributed by atoms with Gasteiger partial charge in [0.25, 0.3) is 5.91 Å². The lowest BCUT2D eigenvalue weighted by Gasteiger charge is -2.27. The van der Waals surface area contributed by atoms with Gasteiger partial charge in [-0.25, -0.2) is 13.2 Å². The number of aryl methyl sites for hydroxylation is 1. The van der Waals surface area contributed by atoms with Crippen molar-refractivity contribution in [1.29, 1.82) is 5.26 Å². The van der Waals surface area contributed by atoms with Crippen LogP contribution >= 0.6 is 0 Å². The summed E-state index contributed by atoms with van der Waals surface area (Å²) in [6.07, 6.45) is 1.30. The molecule has 188 valence electrons. The summed E-state index contributed by atoms with van der Waals surface area (Å²) in [5.74, 6) is -0.730. The van der Waals surface area contributed by atoms with Crippen LogP contribution in [0.15, 0.2) is 46.9 Å².